The molecule has 2 N–H and O–H groups in total. The van der Waals surface area contributed by atoms with E-state index in [1.807, 2.05) is 0 Å². The normalized spacial score (nSPS) is 20.0. The molecule has 1 saturated heterocycles. The zero-order valence-corrected chi connectivity index (χ0v) is 15.3. The summed E-state index contributed by atoms with van der Waals surface area (Å²) in [5, 5.41) is 6.44. The third-order valence-corrected chi connectivity index (χ3v) is 4.51. The van der Waals surface area contributed by atoms with Crippen molar-refractivity contribution < 1.29 is 19.1 Å². The Kier molecular flexibility index (Phi) is 7.25. The second kappa shape index (κ2) is 9.42. The van der Waals surface area contributed by atoms with Crippen molar-refractivity contribution in [3.05, 3.63) is 23.8 Å². The summed E-state index contributed by atoms with van der Waals surface area (Å²) in [6, 6.07) is 5.37. The first kappa shape index (κ1) is 19.2. The molecule has 1 aromatic rings. The van der Waals surface area contributed by atoms with Gasteiger partial charge in [-0.3, -0.25) is 9.59 Å². The molecule has 1 amide bonds. The SMILES string of the molecule is COc1cc(C(C)=O)ccc1OCCCC(=O)NC1CCNCC1C. The summed E-state index contributed by atoms with van der Waals surface area (Å²) in [4.78, 5) is 23.5. The van der Waals surface area contributed by atoms with E-state index in [9.17, 15) is 9.59 Å². The first-order valence-electron chi connectivity index (χ1n) is 8.83. The lowest BCUT2D eigenvalue weighted by Crippen LogP contribution is -2.48. The van der Waals surface area contributed by atoms with Gasteiger partial charge >= 0.3 is 0 Å². The van der Waals surface area contributed by atoms with Crippen molar-refractivity contribution in [3.8, 4) is 11.5 Å². The highest BCUT2D eigenvalue weighted by Gasteiger charge is 2.22. The Morgan fingerprint density at radius 3 is 2.80 bits per heavy atom. The fourth-order valence-corrected chi connectivity index (χ4v) is 2.93. The molecule has 6 nitrogen and oxygen atoms in total. The van der Waals surface area contributed by atoms with Crippen molar-refractivity contribution in [2.45, 2.75) is 39.2 Å². The average molecular weight is 348 g/mol. The molecule has 1 aliphatic rings. The molecule has 1 fully saturated rings. The number of methoxy groups -OCH3 is 1. The summed E-state index contributed by atoms with van der Waals surface area (Å²) < 4.78 is 11.0. The van der Waals surface area contributed by atoms with Crippen LogP contribution in [-0.2, 0) is 4.79 Å². The zero-order valence-electron chi connectivity index (χ0n) is 15.3. The number of ether oxygens (including phenoxy) is 2. The van der Waals surface area contributed by atoms with E-state index in [1.165, 1.54) is 6.92 Å². The molecule has 0 bridgehead atoms. The Morgan fingerprint density at radius 1 is 1.32 bits per heavy atom. The molecule has 6 heteroatoms. The summed E-state index contributed by atoms with van der Waals surface area (Å²) in [5.41, 5.74) is 0.583. The van der Waals surface area contributed by atoms with E-state index in [4.69, 9.17) is 9.47 Å². The third kappa shape index (κ3) is 5.74. The second-order valence-corrected chi connectivity index (χ2v) is 6.52. The van der Waals surface area contributed by atoms with Crippen molar-refractivity contribution in [2.75, 3.05) is 26.8 Å². The smallest absolute Gasteiger partial charge is 0.220 e. The number of piperidine rings is 1. The van der Waals surface area contributed by atoms with Crippen molar-refractivity contribution in [1.82, 2.24) is 10.6 Å². The van der Waals surface area contributed by atoms with E-state index in [1.54, 1.807) is 25.3 Å². The molecular formula is C19H28N2O4. The molecule has 1 aromatic carbocycles. The van der Waals surface area contributed by atoms with E-state index in [0.29, 0.717) is 42.4 Å². The van der Waals surface area contributed by atoms with Gasteiger partial charge in [-0.1, -0.05) is 6.92 Å². The van der Waals surface area contributed by atoms with Gasteiger partial charge in [0.1, 0.15) is 0 Å². The molecule has 0 saturated carbocycles. The summed E-state index contributed by atoms with van der Waals surface area (Å²) in [7, 11) is 1.54. The highest BCUT2D eigenvalue weighted by atomic mass is 16.5. The maximum absolute atomic E-state index is 12.1. The van der Waals surface area contributed by atoms with Crippen LogP contribution in [0.1, 0.15) is 43.5 Å². The lowest BCUT2D eigenvalue weighted by Gasteiger charge is -2.30. The number of nitrogens with one attached hydrogen (secondary N) is 2. The maximum Gasteiger partial charge on any atom is 0.220 e. The Labute approximate surface area is 149 Å². The van der Waals surface area contributed by atoms with Gasteiger partial charge in [-0.2, -0.15) is 0 Å². The highest BCUT2D eigenvalue weighted by Crippen LogP contribution is 2.28. The lowest BCUT2D eigenvalue weighted by molar-refractivity contribution is -0.122. The van der Waals surface area contributed by atoms with Crippen LogP contribution in [0.25, 0.3) is 0 Å². The van der Waals surface area contributed by atoms with Gasteiger partial charge in [0.25, 0.3) is 0 Å². The van der Waals surface area contributed by atoms with Crippen LogP contribution in [0.2, 0.25) is 0 Å². The molecule has 2 atom stereocenters. The van der Waals surface area contributed by atoms with Crippen molar-refractivity contribution in [3.63, 3.8) is 0 Å². The van der Waals surface area contributed by atoms with Crippen LogP contribution in [-0.4, -0.2) is 44.5 Å². The van der Waals surface area contributed by atoms with Crippen LogP contribution in [0.15, 0.2) is 18.2 Å². The molecule has 138 valence electrons. The molecule has 0 radical (unpaired) electrons. The standard InChI is InChI=1S/C19H28N2O4/c1-13-12-20-9-8-16(13)21-19(23)5-4-10-25-17-7-6-15(14(2)22)11-18(17)24-3/h6-7,11,13,16,20H,4-5,8-10,12H2,1-3H3,(H,21,23). The van der Waals surface area contributed by atoms with Crippen LogP contribution < -0.4 is 20.1 Å². The van der Waals surface area contributed by atoms with Gasteiger partial charge in [-0.25, -0.2) is 0 Å². The quantitative estimate of drug-likeness (QED) is 0.556. The summed E-state index contributed by atoms with van der Waals surface area (Å²) in [5.74, 6) is 1.62. The van der Waals surface area contributed by atoms with E-state index in [0.717, 1.165) is 19.5 Å². The molecule has 2 rings (SSSR count). The number of carbonyl (C=O) groups is 2. The number of amides is 1. The number of hydrogen-bond acceptors (Lipinski definition) is 5. The Morgan fingerprint density at radius 2 is 2.12 bits per heavy atom. The zero-order chi connectivity index (χ0) is 18.2. The van der Waals surface area contributed by atoms with Crippen LogP contribution in [0.5, 0.6) is 11.5 Å². The average Bonchev–Trinajstić information content (AvgIpc) is 2.60. The Bertz CT molecular complexity index is 603. The van der Waals surface area contributed by atoms with E-state index in [2.05, 4.69) is 17.6 Å². The molecule has 1 heterocycles. The number of hydrogen-bond donors (Lipinski definition) is 2. The minimum absolute atomic E-state index is 0.0198. The van der Waals surface area contributed by atoms with E-state index in [-0.39, 0.29) is 17.7 Å². The van der Waals surface area contributed by atoms with E-state index >= 15 is 0 Å². The molecule has 0 aliphatic carbocycles. The number of carbonyl (C=O) groups excluding carboxylic acids is 2. The van der Waals surface area contributed by atoms with Crippen LogP contribution in [0.4, 0.5) is 0 Å². The third-order valence-electron chi connectivity index (χ3n) is 4.51. The van der Waals surface area contributed by atoms with Gasteiger partial charge in [-0.15, -0.1) is 0 Å². The van der Waals surface area contributed by atoms with Gasteiger partial charge in [0, 0.05) is 18.0 Å². The van der Waals surface area contributed by atoms with Gasteiger partial charge < -0.3 is 20.1 Å². The Balaban J connectivity index is 1.75. The fourth-order valence-electron chi connectivity index (χ4n) is 2.93. The topological polar surface area (TPSA) is 76.7 Å². The van der Waals surface area contributed by atoms with Gasteiger partial charge in [0.05, 0.1) is 13.7 Å². The molecule has 1 aliphatic heterocycles. The van der Waals surface area contributed by atoms with Crippen molar-refractivity contribution in [1.29, 1.82) is 0 Å². The van der Waals surface area contributed by atoms with Crippen molar-refractivity contribution in [2.24, 2.45) is 5.92 Å². The van der Waals surface area contributed by atoms with Crippen LogP contribution >= 0.6 is 0 Å². The molecule has 0 aromatic heterocycles. The number of Topliss-reactive ketones (excluding diaryl/α,β-unsaturated/α-hetero) is 1. The van der Waals surface area contributed by atoms with Crippen LogP contribution in [0.3, 0.4) is 0 Å². The fraction of sp³-hybridized carbons (Fsp3) is 0.579. The van der Waals surface area contributed by atoms with Gasteiger partial charge in [-0.05, 0) is 57.0 Å². The lowest BCUT2D eigenvalue weighted by atomic mass is 9.95. The predicted molar refractivity (Wildman–Crippen MR) is 96.3 cm³/mol. The molecular weight excluding hydrogens is 320 g/mol. The summed E-state index contributed by atoms with van der Waals surface area (Å²) >= 11 is 0. The predicted octanol–water partition coefficient (Wildman–Crippen LogP) is 2.17. The number of benzene rings is 1. The highest BCUT2D eigenvalue weighted by molar-refractivity contribution is 5.94. The monoisotopic (exact) mass is 348 g/mol. The maximum atomic E-state index is 12.1. The molecule has 2 unspecified atom stereocenters. The second-order valence-electron chi connectivity index (χ2n) is 6.52. The Hall–Kier alpha value is -2.08. The van der Waals surface area contributed by atoms with Crippen molar-refractivity contribution >= 4 is 11.7 Å². The first-order valence-corrected chi connectivity index (χ1v) is 8.83. The number of ketones is 1. The minimum atomic E-state index is -0.0198. The number of rotatable bonds is 8. The van der Waals surface area contributed by atoms with Gasteiger partial charge in [0.15, 0.2) is 17.3 Å². The summed E-state index contributed by atoms with van der Waals surface area (Å²) in [6.07, 6.45) is 2.04. The van der Waals surface area contributed by atoms with Crippen LogP contribution in [0, 0.1) is 5.92 Å². The molecule has 0 spiro atoms. The van der Waals surface area contributed by atoms with Gasteiger partial charge in [0.2, 0.25) is 5.91 Å². The minimum Gasteiger partial charge on any atom is -0.493 e. The van der Waals surface area contributed by atoms with E-state index < -0.39 is 0 Å². The summed E-state index contributed by atoms with van der Waals surface area (Å²) in [6.45, 7) is 5.98. The first-order chi connectivity index (χ1) is 12.0. The largest absolute Gasteiger partial charge is 0.493 e. The molecule has 25 heavy (non-hydrogen) atoms.